The molecule has 1 aliphatic rings. The van der Waals surface area contributed by atoms with E-state index >= 15 is 0 Å². The molecule has 7 nitrogen and oxygen atoms in total. The topological polar surface area (TPSA) is 113 Å². The monoisotopic (exact) mass is 384 g/mol. The van der Waals surface area contributed by atoms with Gasteiger partial charge in [-0.3, -0.25) is 9.79 Å². The first-order valence-corrected chi connectivity index (χ1v) is 9.19. The van der Waals surface area contributed by atoms with E-state index in [1.54, 1.807) is 12.1 Å². The minimum atomic E-state index is -0.743. The fourth-order valence-electron chi connectivity index (χ4n) is 2.60. The predicted molar refractivity (Wildman–Crippen MR) is 105 cm³/mol. The predicted octanol–water partition coefficient (Wildman–Crippen LogP) is 2.39. The fraction of sp³-hybridized carbons (Fsp3) is 0.263. The Morgan fingerprint density at radius 3 is 2.89 bits per heavy atom. The number of aliphatic imine (C=N–C) groups is 1. The molecule has 0 atom stereocenters. The molecular formula is C19H20N4O3S. The molecular weight excluding hydrogens is 364 g/mol. The average molecular weight is 384 g/mol. The highest BCUT2D eigenvalue weighted by atomic mass is 32.1. The molecule has 0 saturated carbocycles. The summed E-state index contributed by atoms with van der Waals surface area (Å²) in [5.74, 6) is 0.548. The van der Waals surface area contributed by atoms with Crippen LogP contribution in [0.25, 0.3) is 11.3 Å². The van der Waals surface area contributed by atoms with E-state index in [9.17, 15) is 4.79 Å². The summed E-state index contributed by atoms with van der Waals surface area (Å²) in [6.45, 7) is 7.82. The van der Waals surface area contributed by atoms with Crippen molar-refractivity contribution in [1.29, 1.82) is 0 Å². The quantitative estimate of drug-likeness (QED) is 0.270. The van der Waals surface area contributed by atoms with Crippen LogP contribution in [-0.2, 0) is 11.2 Å². The lowest BCUT2D eigenvalue weighted by Gasteiger charge is -2.10. The van der Waals surface area contributed by atoms with Crippen molar-refractivity contribution in [2.45, 2.75) is 26.3 Å². The number of fused-ring (bicyclic) bond motifs is 3. The minimum Gasteiger partial charge on any atom is -0.492 e. The summed E-state index contributed by atoms with van der Waals surface area (Å²) in [6.07, 6.45) is 0.714. The SMILES string of the molecule is C=C=C(Oc1ccc2c(c1)OCCc1sc(C(N)=NC(C)C)nc1-2)C(N)=O. The van der Waals surface area contributed by atoms with Crippen LogP contribution in [0, 0.1) is 0 Å². The van der Waals surface area contributed by atoms with Crippen LogP contribution in [0.5, 0.6) is 11.5 Å². The van der Waals surface area contributed by atoms with Gasteiger partial charge in [0.15, 0.2) is 10.8 Å². The Bertz CT molecular complexity index is 971. The highest BCUT2D eigenvalue weighted by Crippen LogP contribution is 2.39. The highest BCUT2D eigenvalue weighted by molar-refractivity contribution is 7.14. The third-order valence-corrected chi connectivity index (χ3v) is 4.85. The summed E-state index contributed by atoms with van der Waals surface area (Å²) in [7, 11) is 0. The molecule has 2 heterocycles. The van der Waals surface area contributed by atoms with Crippen LogP contribution < -0.4 is 20.9 Å². The van der Waals surface area contributed by atoms with Crippen molar-refractivity contribution in [2.24, 2.45) is 16.5 Å². The van der Waals surface area contributed by atoms with Gasteiger partial charge in [0, 0.05) is 29.0 Å². The summed E-state index contributed by atoms with van der Waals surface area (Å²) >= 11 is 1.52. The summed E-state index contributed by atoms with van der Waals surface area (Å²) in [6, 6.07) is 5.33. The summed E-state index contributed by atoms with van der Waals surface area (Å²) < 4.78 is 11.3. The second-order valence-electron chi connectivity index (χ2n) is 6.13. The molecule has 1 amide bonds. The van der Waals surface area contributed by atoms with E-state index in [2.05, 4.69) is 22.3 Å². The first-order valence-electron chi connectivity index (χ1n) is 8.37. The average Bonchev–Trinajstić information content (AvgIpc) is 2.96. The standard InChI is InChI=1S/C19H20N4O3S/c1-4-13(18(21)24)26-11-5-6-12-14(9-11)25-8-7-15-16(12)23-19(27-15)17(20)22-10(2)3/h5-6,9-10H,1,7-8H2,2-3H3,(H2,20,22)(H2,21,24). The Morgan fingerprint density at radius 1 is 1.44 bits per heavy atom. The van der Waals surface area contributed by atoms with Gasteiger partial charge < -0.3 is 20.9 Å². The van der Waals surface area contributed by atoms with Crippen molar-refractivity contribution >= 4 is 23.1 Å². The Morgan fingerprint density at radius 2 is 2.22 bits per heavy atom. The molecule has 4 N–H and O–H groups in total. The van der Waals surface area contributed by atoms with Gasteiger partial charge in [-0.25, -0.2) is 4.98 Å². The third kappa shape index (κ3) is 4.02. The van der Waals surface area contributed by atoms with Gasteiger partial charge in [-0.15, -0.1) is 11.3 Å². The number of nitrogens with two attached hydrogens (primary N) is 2. The molecule has 0 radical (unpaired) electrons. The molecule has 1 aromatic heterocycles. The van der Waals surface area contributed by atoms with Crippen LogP contribution in [0.3, 0.4) is 0 Å². The number of amides is 1. The lowest BCUT2D eigenvalue weighted by Crippen LogP contribution is -2.17. The highest BCUT2D eigenvalue weighted by Gasteiger charge is 2.22. The van der Waals surface area contributed by atoms with E-state index in [0.717, 1.165) is 16.1 Å². The van der Waals surface area contributed by atoms with Gasteiger partial charge in [0.1, 0.15) is 11.5 Å². The summed E-state index contributed by atoms with van der Waals surface area (Å²) in [4.78, 5) is 21.4. The van der Waals surface area contributed by atoms with E-state index in [4.69, 9.17) is 20.9 Å². The van der Waals surface area contributed by atoms with E-state index in [1.807, 2.05) is 19.9 Å². The van der Waals surface area contributed by atoms with Crippen LogP contribution in [0.4, 0.5) is 0 Å². The molecule has 0 spiro atoms. The molecule has 3 rings (SSSR count). The third-order valence-electron chi connectivity index (χ3n) is 3.71. The van der Waals surface area contributed by atoms with Gasteiger partial charge in [0.2, 0.25) is 5.76 Å². The number of thiazole rings is 1. The molecule has 0 unspecified atom stereocenters. The lowest BCUT2D eigenvalue weighted by atomic mass is 10.1. The Balaban J connectivity index is 1.98. The molecule has 0 saturated heterocycles. The first-order chi connectivity index (χ1) is 12.9. The van der Waals surface area contributed by atoms with Gasteiger partial charge in [-0.2, -0.15) is 0 Å². The number of nitrogens with zero attached hydrogens (tertiary/aromatic N) is 2. The minimum absolute atomic E-state index is 0.0985. The van der Waals surface area contributed by atoms with Crippen molar-refractivity contribution in [2.75, 3.05) is 6.61 Å². The van der Waals surface area contributed by atoms with Crippen LogP contribution in [0.1, 0.15) is 23.7 Å². The van der Waals surface area contributed by atoms with Crippen molar-refractivity contribution in [3.8, 4) is 22.8 Å². The normalized spacial score (nSPS) is 13.1. The van der Waals surface area contributed by atoms with Gasteiger partial charge in [0.25, 0.3) is 5.91 Å². The van der Waals surface area contributed by atoms with Crippen LogP contribution in [0.15, 0.2) is 41.3 Å². The van der Waals surface area contributed by atoms with E-state index in [1.165, 1.54) is 11.3 Å². The Hall–Kier alpha value is -3.09. The number of hydrogen-bond acceptors (Lipinski definition) is 6. The summed E-state index contributed by atoms with van der Waals surface area (Å²) in [5.41, 5.74) is 15.3. The fourth-order valence-corrected chi connectivity index (χ4v) is 3.57. The number of primary amides is 1. The Kier molecular flexibility index (Phi) is 5.30. The Labute approximate surface area is 161 Å². The second kappa shape index (κ2) is 7.65. The molecule has 0 aliphatic carbocycles. The maximum absolute atomic E-state index is 11.3. The molecule has 1 aromatic carbocycles. The zero-order valence-corrected chi connectivity index (χ0v) is 15.9. The number of carbonyl (C=O) groups excluding carboxylic acids is 1. The van der Waals surface area contributed by atoms with Gasteiger partial charge in [-0.1, -0.05) is 12.3 Å². The maximum atomic E-state index is 11.3. The van der Waals surface area contributed by atoms with Gasteiger partial charge in [0.05, 0.1) is 12.3 Å². The summed E-state index contributed by atoms with van der Waals surface area (Å²) in [5, 5.41) is 0.701. The van der Waals surface area contributed by atoms with Crippen LogP contribution >= 0.6 is 11.3 Å². The van der Waals surface area contributed by atoms with Crippen molar-refractivity contribution in [3.63, 3.8) is 0 Å². The molecule has 0 bridgehead atoms. The van der Waals surface area contributed by atoms with Gasteiger partial charge >= 0.3 is 0 Å². The molecule has 27 heavy (non-hydrogen) atoms. The number of carbonyl (C=O) groups is 1. The molecule has 1 aliphatic heterocycles. The molecule has 8 heteroatoms. The van der Waals surface area contributed by atoms with Crippen molar-refractivity contribution in [1.82, 2.24) is 4.98 Å². The van der Waals surface area contributed by atoms with E-state index in [-0.39, 0.29) is 11.8 Å². The lowest BCUT2D eigenvalue weighted by molar-refractivity contribution is -0.116. The number of amidine groups is 1. The smallest absolute Gasteiger partial charge is 0.292 e. The maximum Gasteiger partial charge on any atom is 0.292 e. The van der Waals surface area contributed by atoms with Crippen molar-refractivity contribution < 1.29 is 14.3 Å². The molecule has 140 valence electrons. The van der Waals surface area contributed by atoms with E-state index < -0.39 is 5.91 Å². The van der Waals surface area contributed by atoms with E-state index in [0.29, 0.717) is 35.4 Å². The number of aromatic nitrogens is 1. The zero-order chi connectivity index (χ0) is 19.6. The molecule has 0 fully saturated rings. The number of benzene rings is 1. The van der Waals surface area contributed by atoms with Crippen molar-refractivity contribution in [3.05, 3.63) is 46.2 Å². The number of ether oxygens (including phenoxy) is 2. The largest absolute Gasteiger partial charge is 0.492 e. The van der Waals surface area contributed by atoms with Crippen LogP contribution in [0.2, 0.25) is 0 Å². The molecule has 2 aromatic rings. The number of rotatable bonds is 5. The second-order valence-corrected chi connectivity index (χ2v) is 7.21. The van der Waals surface area contributed by atoms with Gasteiger partial charge in [-0.05, 0) is 26.0 Å². The van der Waals surface area contributed by atoms with Crippen LogP contribution in [-0.4, -0.2) is 29.4 Å². The zero-order valence-electron chi connectivity index (χ0n) is 15.1. The number of hydrogen-bond donors (Lipinski definition) is 2. The first kappa shape index (κ1) is 18.7.